The minimum Gasteiger partial charge on any atom is -1.00 e. The number of anilines is 1. The van der Waals surface area contributed by atoms with Gasteiger partial charge in [0.2, 0.25) is 15.8 Å². The fraction of sp³-hybridized carbons (Fsp3) is 0.265. The number of β-lactam (4-membered cyclic amide) rings is 1. The number of hydrogen-bond donors (Lipinski definition) is 6. The Morgan fingerprint density at radius 2 is 1.95 bits per heavy atom. The summed E-state index contributed by atoms with van der Waals surface area (Å²) < 4.78 is 32.2. The maximum Gasteiger partial charge on any atom is 1.00 e. The monoisotopic (exact) mass is 909 g/mol. The molecule has 3 aromatic heterocycles. The van der Waals surface area contributed by atoms with Gasteiger partial charge in [0.05, 0.1) is 16.6 Å². The first kappa shape index (κ1) is 44.5. The Hall–Kier alpha value is -5.02. The Morgan fingerprint density at radius 1 is 1.17 bits per heavy atom. The summed E-state index contributed by atoms with van der Waals surface area (Å²) in [5.74, 6) is -5.13. The number of aliphatic carboxylic acids is 1. The number of benzene rings is 1. The number of carboxylic acids is 1. The van der Waals surface area contributed by atoms with E-state index >= 15 is 0 Å². The molecule has 1 fully saturated rings. The fourth-order valence-electron chi connectivity index (χ4n) is 5.84. The zero-order valence-electron chi connectivity index (χ0n) is 32.3. The molecule has 21 nitrogen and oxygen atoms in total. The Bertz CT molecular complexity index is 2650. The van der Waals surface area contributed by atoms with E-state index in [1.807, 2.05) is 0 Å². The number of phenols is 2. The topological polar surface area (TPSA) is 311 Å². The van der Waals surface area contributed by atoms with Crippen LogP contribution in [0.4, 0.5) is 5.13 Å². The maximum absolute atomic E-state index is 13.5. The number of amides is 2. The second-order valence-electron chi connectivity index (χ2n) is 12.8. The van der Waals surface area contributed by atoms with Crippen LogP contribution in [-0.4, -0.2) is 123 Å². The number of thiazole rings is 1. The average molecular weight is 910 g/mol. The smallest absolute Gasteiger partial charge is 1.00 e. The van der Waals surface area contributed by atoms with Crippen molar-refractivity contribution in [2.75, 3.05) is 23.2 Å². The van der Waals surface area contributed by atoms with Crippen LogP contribution in [0.3, 0.4) is 0 Å². The number of phenolic OH excluding ortho intramolecular Hbond substituents is 2. The quantitative estimate of drug-likeness (QED) is 0.0119. The fourth-order valence-corrected chi connectivity index (χ4v) is 9.88. The SMILES string of the molecule is Cc1cc(SCC2=C(C(=O)O)N3C(=O)[C@@H](NC(=O)/C(=N\OCS(=O)(=O)C4=CCC(O)C=C4)c4csc(N)n4)[C@H]3SC2)n2nc(COC(=O)c3ccc(O)c(O)c3)nc2n1.[H-].[Na+]. The van der Waals surface area contributed by atoms with E-state index in [1.165, 1.54) is 57.7 Å². The second kappa shape index (κ2) is 18.3. The van der Waals surface area contributed by atoms with Crippen molar-refractivity contribution >= 4 is 85.1 Å². The van der Waals surface area contributed by atoms with Gasteiger partial charge in [0, 0.05) is 22.6 Å². The number of allylic oxidation sites excluding steroid dienone is 1. The van der Waals surface area contributed by atoms with Gasteiger partial charge in [0.25, 0.3) is 17.6 Å². The number of sulfone groups is 1. The number of aliphatic hydroxyl groups excluding tert-OH is 1. The number of rotatable bonds is 14. The van der Waals surface area contributed by atoms with Crippen LogP contribution in [0, 0.1) is 6.92 Å². The minimum absolute atomic E-state index is 0. The number of nitrogens with zero attached hydrogens (tertiary/aromatic N) is 7. The molecule has 0 radical (unpaired) electrons. The van der Waals surface area contributed by atoms with Gasteiger partial charge in [-0.05, 0) is 49.3 Å². The van der Waals surface area contributed by atoms with Crippen molar-refractivity contribution in [1.29, 1.82) is 0 Å². The van der Waals surface area contributed by atoms with Gasteiger partial charge in [-0.2, -0.15) is 9.50 Å². The second-order valence-corrected chi connectivity index (χ2v) is 17.7. The molecule has 7 N–H and O–H groups in total. The van der Waals surface area contributed by atoms with Crippen LogP contribution in [0.2, 0.25) is 0 Å². The van der Waals surface area contributed by atoms with Crippen LogP contribution in [0.1, 0.15) is 35.4 Å². The summed E-state index contributed by atoms with van der Waals surface area (Å²) in [6, 6.07) is 3.98. The van der Waals surface area contributed by atoms with E-state index in [4.69, 9.17) is 15.3 Å². The number of carbonyl (C=O) groups excluding carboxylic acids is 3. The number of nitrogens with two attached hydrogens (primary N) is 1. The molecule has 310 valence electrons. The number of carbonyl (C=O) groups is 4. The number of hydrogen-bond acceptors (Lipinski definition) is 20. The van der Waals surface area contributed by atoms with Gasteiger partial charge < -0.3 is 42.5 Å². The number of thioether (sulfide) groups is 2. The van der Waals surface area contributed by atoms with Gasteiger partial charge in [0.15, 0.2) is 34.8 Å². The Morgan fingerprint density at radius 3 is 2.63 bits per heavy atom. The zero-order chi connectivity index (χ0) is 42.2. The summed E-state index contributed by atoms with van der Waals surface area (Å²) in [6.07, 6.45) is 3.14. The first-order valence-electron chi connectivity index (χ1n) is 17.1. The molecule has 0 spiro atoms. The Balaban J connectivity index is 0.00000352. The summed E-state index contributed by atoms with van der Waals surface area (Å²) >= 11 is 3.39. The number of aromatic hydroxyl groups is 2. The summed E-state index contributed by atoms with van der Waals surface area (Å²) in [6.45, 7) is 1.37. The number of carboxylic acid groups (broad SMARTS) is 1. The predicted molar refractivity (Wildman–Crippen MR) is 212 cm³/mol. The van der Waals surface area contributed by atoms with Crippen molar-refractivity contribution in [3.05, 3.63) is 86.8 Å². The normalized spacial score (nSPS) is 18.9. The molecule has 7 rings (SSSR count). The van der Waals surface area contributed by atoms with Crippen LogP contribution in [0.25, 0.3) is 5.78 Å². The Labute approximate surface area is 375 Å². The summed E-state index contributed by atoms with van der Waals surface area (Å²) in [5.41, 5.74) is 5.94. The van der Waals surface area contributed by atoms with Crippen molar-refractivity contribution in [3.8, 4) is 11.5 Å². The number of ether oxygens (including phenoxy) is 1. The molecule has 5 heterocycles. The van der Waals surface area contributed by atoms with Crippen LogP contribution in [0.15, 0.2) is 74.2 Å². The standard InChI is InChI=1S/C34H31N9O12S4.Na.H/c1-15-8-24(43-34(36-15)38-23(40-43)10-54-32(51)16-2-7-21(45)22(46)9-16)56-11-17-12-57-30-26(29(48)42(30)27(17)31(49)50)39-28(47)25(20-13-58-33(35)37-20)41-55-14-59(52,53)19-5-3-18(44)4-6-19;;/h2-3,5-9,13,18,26,30,44-46H,4,10-12,14H2,1H3,(H2,35,37)(H,39,47)(H,49,50);;/q;+1;-1/b41-25-;;/t18?,26-,30-;;/m1../s1. The zero-order valence-corrected chi connectivity index (χ0v) is 36.5. The van der Waals surface area contributed by atoms with Gasteiger partial charge in [0.1, 0.15) is 27.8 Å². The minimum atomic E-state index is -4.02. The maximum atomic E-state index is 13.5. The van der Waals surface area contributed by atoms with E-state index in [9.17, 15) is 48.0 Å². The van der Waals surface area contributed by atoms with E-state index in [1.54, 1.807) is 13.0 Å². The molecule has 1 saturated heterocycles. The molecule has 2 aliphatic heterocycles. The third kappa shape index (κ3) is 9.46. The number of aliphatic hydroxyl groups is 1. The molecule has 1 aromatic carbocycles. The third-order valence-corrected chi connectivity index (χ3v) is 13.2. The molecule has 3 atom stereocenters. The van der Waals surface area contributed by atoms with E-state index in [0.29, 0.717) is 16.3 Å². The van der Waals surface area contributed by atoms with Gasteiger partial charge in [-0.25, -0.2) is 28.0 Å². The van der Waals surface area contributed by atoms with E-state index in [0.717, 1.165) is 28.4 Å². The van der Waals surface area contributed by atoms with Crippen molar-refractivity contribution in [3.63, 3.8) is 0 Å². The molecule has 60 heavy (non-hydrogen) atoms. The first-order valence-corrected chi connectivity index (χ1v) is 21.6. The van der Waals surface area contributed by atoms with Crippen molar-refractivity contribution in [1.82, 2.24) is 34.8 Å². The predicted octanol–water partition coefficient (Wildman–Crippen LogP) is -1.82. The molecule has 1 unspecified atom stereocenters. The summed E-state index contributed by atoms with van der Waals surface area (Å²) in [7, 11) is -4.02. The van der Waals surface area contributed by atoms with E-state index in [-0.39, 0.29) is 94.1 Å². The number of nitrogens with one attached hydrogen (secondary N) is 1. The first-order chi connectivity index (χ1) is 28.1. The number of aryl methyl sites for hydroxylation is 1. The molecule has 3 aliphatic rings. The van der Waals surface area contributed by atoms with Gasteiger partial charge in [-0.3, -0.25) is 14.5 Å². The van der Waals surface area contributed by atoms with Gasteiger partial charge >= 0.3 is 41.5 Å². The van der Waals surface area contributed by atoms with Crippen molar-refractivity contribution in [2.45, 2.75) is 42.5 Å². The molecule has 4 aromatic rings. The number of nitrogen functional groups attached to an aromatic ring is 1. The van der Waals surface area contributed by atoms with Crippen molar-refractivity contribution < 1.29 is 88.6 Å². The van der Waals surface area contributed by atoms with Crippen molar-refractivity contribution in [2.24, 2.45) is 5.16 Å². The van der Waals surface area contributed by atoms with E-state index < -0.39 is 74.3 Å². The van der Waals surface area contributed by atoms with Crippen LogP contribution in [-0.2, 0) is 40.4 Å². The molecular formula is C34H32N9NaO12S4. The van der Waals surface area contributed by atoms with Crippen LogP contribution >= 0.6 is 34.9 Å². The molecule has 2 amide bonds. The molecule has 0 bridgehead atoms. The van der Waals surface area contributed by atoms with Crippen LogP contribution in [0.5, 0.6) is 11.5 Å². The summed E-state index contributed by atoms with van der Waals surface area (Å²) in [4.78, 5) is 71.0. The molecular weight excluding hydrogens is 878 g/mol. The summed E-state index contributed by atoms with van der Waals surface area (Å²) in [5, 5.41) is 50.9. The number of esters is 1. The molecule has 1 aliphatic carbocycles. The van der Waals surface area contributed by atoms with Gasteiger partial charge in [-0.15, -0.1) is 40.0 Å². The number of fused-ring (bicyclic) bond motifs is 2. The largest absolute Gasteiger partial charge is 1.00 e. The van der Waals surface area contributed by atoms with E-state index in [2.05, 4.69) is 30.5 Å². The van der Waals surface area contributed by atoms with Crippen LogP contribution < -0.4 is 40.6 Å². The number of aromatic nitrogens is 5. The average Bonchev–Trinajstić information content (AvgIpc) is 3.82. The Kier molecular flexibility index (Phi) is 13.6. The van der Waals surface area contributed by atoms with Gasteiger partial charge in [-0.1, -0.05) is 17.3 Å². The number of oxime groups is 1. The third-order valence-electron chi connectivity index (χ3n) is 8.67. The molecule has 0 saturated carbocycles. The molecule has 26 heteroatoms.